The minimum atomic E-state index is -0.145. The van der Waals surface area contributed by atoms with Gasteiger partial charge in [0.05, 0.1) is 10.9 Å². The van der Waals surface area contributed by atoms with Gasteiger partial charge in [-0.05, 0) is 12.1 Å². The molecule has 0 N–H and O–H groups in total. The summed E-state index contributed by atoms with van der Waals surface area (Å²) in [5.74, 6) is 1.07. The van der Waals surface area contributed by atoms with Gasteiger partial charge in [0.2, 0.25) is 0 Å². The van der Waals surface area contributed by atoms with Gasteiger partial charge in [0, 0.05) is 17.4 Å². The topological polar surface area (TPSA) is 26.3 Å². The van der Waals surface area contributed by atoms with Crippen molar-refractivity contribution in [3.8, 4) is 0 Å². The number of carbonyl (C=O) groups is 1. The Morgan fingerprint density at radius 1 is 1.53 bits per heavy atom. The molecule has 5 heteroatoms. The SMILES string of the molecule is O=C(/C=C1/OC(CCl)CS1)c1ccccc1Cl. The number of hydrogen-bond acceptors (Lipinski definition) is 3. The molecule has 2 nitrogen and oxygen atoms in total. The van der Waals surface area contributed by atoms with E-state index in [2.05, 4.69) is 0 Å². The third kappa shape index (κ3) is 3.18. The average Bonchev–Trinajstić information content (AvgIpc) is 2.77. The van der Waals surface area contributed by atoms with Gasteiger partial charge < -0.3 is 4.74 Å². The van der Waals surface area contributed by atoms with Gasteiger partial charge in [-0.1, -0.05) is 35.5 Å². The fourth-order valence-corrected chi connectivity index (χ4v) is 2.87. The maximum absolute atomic E-state index is 11.9. The number of carbonyl (C=O) groups excluding carboxylic acids is 1. The number of allylic oxidation sites excluding steroid dienone is 1. The zero-order valence-corrected chi connectivity index (χ0v) is 11.2. The Morgan fingerprint density at radius 3 is 2.94 bits per heavy atom. The molecule has 0 spiro atoms. The van der Waals surface area contributed by atoms with Crippen molar-refractivity contribution in [2.45, 2.75) is 6.10 Å². The number of rotatable bonds is 3. The Kier molecular flexibility index (Phi) is 4.37. The lowest BCUT2D eigenvalue weighted by atomic mass is 10.1. The first kappa shape index (κ1) is 12.8. The highest BCUT2D eigenvalue weighted by atomic mass is 35.5. The van der Waals surface area contributed by atoms with Crippen molar-refractivity contribution in [1.29, 1.82) is 0 Å². The van der Waals surface area contributed by atoms with E-state index in [1.807, 2.05) is 0 Å². The Morgan fingerprint density at radius 2 is 2.29 bits per heavy atom. The zero-order chi connectivity index (χ0) is 12.3. The number of ketones is 1. The van der Waals surface area contributed by atoms with Gasteiger partial charge in [-0.15, -0.1) is 11.6 Å². The number of hydrogen-bond donors (Lipinski definition) is 0. The second-order valence-electron chi connectivity index (χ2n) is 3.51. The summed E-state index contributed by atoms with van der Waals surface area (Å²) in [7, 11) is 0. The van der Waals surface area contributed by atoms with Gasteiger partial charge in [0.25, 0.3) is 0 Å². The third-order valence-electron chi connectivity index (χ3n) is 2.25. The molecule has 1 aliphatic rings. The zero-order valence-electron chi connectivity index (χ0n) is 8.86. The maximum Gasteiger partial charge on any atom is 0.191 e. The molecule has 1 aromatic rings. The summed E-state index contributed by atoms with van der Waals surface area (Å²) in [6.45, 7) is 0. The van der Waals surface area contributed by atoms with E-state index in [-0.39, 0.29) is 11.9 Å². The molecule has 0 bridgehead atoms. The van der Waals surface area contributed by atoms with Crippen molar-refractivity contribution < 1.29 is 9.53 Å². The van der Waals surface area contributed by atoms with Crippen LogP contribution in [0.4, 0.5) is 0 Å². The third-order valence-corrected chi connectivity index (χ3v) is 3.97. The van der Waals surface area contributed by atoms with Crippen LogP contribution in [0, 0.1) is 0 Å². The fourth-order valence-electron chi connectivity index (χ4n) is 1.40. The summed E-state index contributed by atoms with van der Waals surface area (Å²) in [6, 6.07) is 6.95. The van der Waals surface area contributed by atoms with Gasteiger partial charge in [0.1, 0.15) is 6.10 Å². The number of thioether (sulfide) groups is 1. The summed E-state index contributed by atoms with van der Waals surface area (Å²) in [4.78, 5) is 11.9. The minimum Gasteiger partial charge on any atom is -0.482 e. The van der Waals surface area contributed by atoms with Crippen molar-refractivity contribution in [3.05, 3.63) is 46.0 Å². The number of halogens is 2. The maximum atomic E-state index is 11.9. The van der Waals surface area contributed by atoms with E-state index in [1.54, 1.807) is 24.3 Å². The summed E-state index contributed by atoms with van der Waals surface area (Å²) in [5.41, 5.74) is 0.486. The highest BCUT2D eigenvalue weighted by Gasteiger charge is 2.21. The molecule has 1 aromatic carbocycles. The van der Waals surface area contributed by atoms with E-state index < -0.39 is 0 Å². The number of alkyl halides is 1. The lowest BCUT2D eigenvalue weighted by molar-refractivity contribution is 0.103. The largest absolute Gasteiger partial charge is 0.482 e. The molecule has 0 aromatic heterocycles. The lowest BCUT2D eigenvalue weighted by Crippen LogP contribution is -2.09. The molecule has 1 unspecified atom stereocenters. The summed E-state index contributed by atoms with van der Waals surface area (Å²) >= 11 is 13.1. The van der Waals surface area contributed by atoms with E-state index >= 15 is 0 Å². The smallest absolute Gasteiger partial charge is 0.191 e. The Bertz CT molecular complexity index is 460. The van der Waals surface area contributed by atoms with Crippen LogP contribution in [-0.2, 0) is 4.74 Å². The summed E-state index contributed by atoms with van der Waals surface area (Å²) in [6.07, 6.45) is 1.46. The fraction of sp³-hybridized carbons (Fsp3) is 0.250. The molecule has 90 valence electrons. The van der Waals surface area contributed by atoms with Gasteiger partial charge in [0.15, 0.2) is 10.9 Å². The van der Waals surface area contributed by atoms with Gasteiger partial charge in [-0.2, -0.15) is 0 Å². The molecule has 1 heterocycles. The van der Waals surface area contributed by atoms with Crippen LogP contribution in [0.25, 0.3) is 0 Å². The highest BCUT2D eigenvalue weighted by Crippen LogP contribution is 2.30. The van der Waals surface area contributed by atoms with Crippen LogP contribution >= 0.6 is 35.0 Å². The first-order valence-electron chi connectivity index (χ1n) is 5.06. The molecule has 0 amide bonds. The summed E-state index contributed by atoms with van der Waals surface area (Å²) < 4.78 is 5.47. The highest BCUT2D eigenvalue weighted by molar-refractivity contribution is 8.03. The van der Waals surface area contributed by atoms with Gasteiger partial charge >= 0.3 is 0 Å². The average molecular weight is 289 g/mol. The molecule has 2 rings (SSSR count). The summed E-state index contributed by atoms with van der Waals surface area (Å²) in [5, 5.41) is 1.06. The van der Waals surface area contributed by atoms with E-state index in [4.69, 9.17) is 27.9 Å². The van der Waals surface area contributed by atoms with Crippen LogP contribution in [0.15, 0.2) is 35.4 Å². The standard InChI is InChI=1S/C12H10Cl2O2S/c13-6-8-7-17-12(16-8)5-11(15)9-3-1-2-4-10(9)14/h1-5,8H,6-7H2/b12-5-. The van der Waals surface area contributed by atoms with E-state index in [0.717, 1.165) is 5.75 Å². The Balaban J connectivity index is 2.12. The van der Waals surface area contributed by atoms with Crippen molar-refractivity contribution in [2.24, 2.45) is 0 Å². The van der Waals surface area contributed by atoms with Gasteiger partial charge in [-0.3, -0.25) is 4.79 Å². The molecule has 1 aliphatic heterocycles. The first-order chi connectivity index (χ1) is 8.20. The number of benzene rings is 1. The molecular formula is C12H10Cl2O2S. The van der Waals surface area contributed by atoms with E-state index in [0.29, 0.717) is 21.6 Å². The van der Waals surface area contributed by atoms with Crippen LogP contribution in [-0.4, -0.2) is 23.5 Å². The first-order valence-corrected chi connectivity index (χ1v) is 6.96. The predicted octanol–water partition coefficient (Wildman–Crippen LogP) is 3.73. The van der Waals surface area contributed by atoms with E-state index in [1.165, 1.54) is 17.8 Å². The van der Waals surface area contributed by atoms with Crippen molar-refractivity contribution in [2.75, 3.05) is 11.6 Å². The van der Waals surface area contributed by atoms with Crippen molar-refractivity contribution in [1.82, 2.24) is 0 Å². The molecule has 0 aliphatic carbocycles. The van der Waals surface area contributed by atoms with E-state index in [9.17, 15) is 4.79 Å². The Hall–Kier alpha value is -0.640. The van der Waals surface area contributed by atoms with Crippen molar-refractivity contribution in [3.63, 3.8) is 0 Å². The molecular weight excluding hydrogens is 279 g/mol. The molecule has 17 heavy (non-hydrogen) atoms. The Labute approximate surface area is 114 Å². The minimum absolute atomic E-state index is 0.00744. The molecule has 1 fully saturated rings. The quantitative estimate of drug-likeness (QED) is 0.482. The van der Waals surface area contributed by atoms with Crippen LogP contribution < -0.4 is 0 Å². The normalized spacial score (nSPS) is 21.5. The second-order valence-corrected chi connectivity index (χ2v) is 5.25. The monoisotopic (exact) mass is 288 g/mol. The van der Waals surface area contributed by atoms with Crippen LogP contribution in [0.1, 0.15) is 10.4 Å². The van der Waals surface area contributed by atoms with Gasteiger partial charge in [-0.25, -0.2) is 0 Å². The van der Waals surface area contributed by atoms with Crippen LogP contribution in [0.3, 0.4) is 0 Å². The number of ether oxygens (including phenoxy) is 1. The molecule has 0 radical (unpaired) electrons. The second kappa shape index (κ2) is 5.80. The molecule has 0 saturated carbocycles. The predicted molar refractivity (Wildman–Crippen MR) is 71.9 cm³/mol. The van der Waals surface area contributed by atoms with Crippen LogP contribution in [0.5, 0.6) is 0 Å². The molecule has 1 atom stereocenters. The van der Waals surface area contributed by atoms with Crippen molar-refractivity contribution >= 4 is 40.7 Å². The van der Waals surface area contributed by atoms with Crippen LogP contribution in [0.2, 0.25) is 5.02 Å². The molecule has 1 saturated heterocycles. The lowest BCUT2D eigenvalue weighted by Gasteiger charge is -2.04.